The molecular weight excluding hydrogens is 174 g/mol. The second-order valence-electron chi connectivity index (χ2n) is 3.43. The number of rotatable bonds is 5. The minimum atomic E-state index is 0.597. The average Bonchev–Trinajstić information content (AvgIpc) is 2.25. The van der Waals surface area contributed by atoms with E-state index in [1.165, 1.54) is 16.7 Å². The molecule has 0 aliphatic heterocycles. The third-order valence-corrected chi connectivity index (χ3v) is 2.55. The number of aryl methyl sites for hydroxylation is 2. The largest absolute Gasteiger partial charge is 0.304 e. The highest BCUT2D eigenvalue weighted by Gasteiger charge is 2.01. The Kier molecular flexibility index (Phi) is 4.63. The molecule has 2 heteroatoms. The molecule has 78 valence electrons. The lowest BCUT2D eigenvalue weighted by molar-refractivity contribution is 0.141. The van der Waals surface area contributed by atoms with Crippen LogP contribution in [0.15, 0.2) is 18.2 Å². The first-order chi connectivity index (χ1) is 6.81. The summed E-state index contributed by atoms with van der Waals surface area (Å²) >= 11 is 0. The molecule has 0 radical (unpaired) electrons. The van der Waals surface area contributed by atoms with Gasteiger partial charge in [0.25, 0.3) is 0 Å². The molecule has 0 amide bonds. The minimum absolute atomic E-state index is 0.597. The van der Waals surface area contributed by atoms with Crippen molar-refractivity contribution >= 4 is 0 Å². The Bertz CT molecular complexity index is 284. The van der Waals surface area contributed by atoms with Crippen LogP contribution in [0.4, 0.5) is 0 Å². The van der Waals surface area contributed by atoms with Gasteiger partial charge in [-0.25, -0.2) is 5.90 Å². The second kappa shape index (κ2) is 5.78. The van der Waals surface area contributed by atoms with E-state index < -0.39 is 0 Å². The molecule has 0 heterocycles. The quantitative estimate of drug-likeness (QED) is 0.728. The molecular formula is C12H19NO. The van der Waals surface area contributed by atoms with Crippen LogP contribution in [0.5, 0.6) is 0 Å². The molecule has 0 saturated heterocycles. The predicted molar refractivity (Wildman–Crippen MR) is 59.0 cm³/mol. The van der Waals surface area contributed by atoms with Crippen molar-refractivity contribution in [3.05, 3.63) is 34.9 Å². The van der Waals surface area contributed by atoms with Crippen molar-refractivity contribution in [3.63, 3.8) is 0 Å². The van der Waals surface area contributed by atoms with E-state index in [0.29, 0.717) is 6.61 Å². The van der Waals surface area contributed by atoms with Gasteiger partial charge in [0.05, 0.1) is 6.61 Å². The van der Waals surface area contributed by atoms with Gasteiger partial charge < -0.3 is 4.84 Å². The Balaban J connectivity index is 2.84. The lowest BCUT2D eigenvalue weighted by Crippen LogP contribution is -2.05. The van der Waals surface area contributed by atoms with Gasteiger partial charge in [-0.1, -0.05) is 32.0 Å². The first-order valence-corrected chi connectivity index (χ1v) is 5.24. The molecule has 0 fully saturated rings. The lowest BCUT2D eigenvalue weighted by atomic mass is 9.99. The van der Waals surface area contributed by atoms with Crippen LogP contribution in [0.3, 0.4) is 0 Å². The van der Waals surface area contributed by atoms with Gasteiger partial charge in [0.2, 0.25) is 0 Å². The first kappa shape index (κ1) is 11.2. The molecule has 2 N–H and O–H groups in total. The van der Waals surface area contributed by atoms with Crippen LogP contribution in [-0.2, 0) is 24.1 Å². The average molecular weight is 193 g/mol. The molecule has 0 aromatic heterocycles. The molecule has 2 nitrogen and oxygen atoms in total. The monoisotopic (exact) mass is 193 g/mol. The lowest BCUT2D eigenvalue weighted by Gasteiger charge is -2.09. The molecule has 0 bridgehead atoms. The van der Waals surface area contributed by atoms with Gasteiger partial charge in [0.15, 0.2) is 0 Å². The smallest absolute Gasteiger partial charge is 0.0719 e. The molecule has 1 aromatic carbocycles. The number of benzene rings is 1. The Labute approximate surface area is 86.0 Å². The molecule has 0 saturated carbocycles. The van der Waals surface area contributed by atoms with Gasteiger partial charge >= 0.3 is 0 Å². The molecule has 0 unspecified atom stereocenters. The van der Waals surface area contributed by atoms with Crippen molar-refractivity contribution in [2.24, 2.45) is 5.90 Å². The van der Waals surface area contributed by atoms with Crippen LogP contribution in [0.1, 0.15) is 30.5 Å². The third kappa shape index (κ3) is 2.82. The van der Waals surface area contributed by atoms with Crippen LogP contribution >= 0.6 is 0 Å². The van der Waals surface area contributed by atoms with Crippen molar-refractivity contribution in [2.45, 2.75) is 33.1 Å². The molecule has 0 spiro atoms. The van der Waals surface area contributed by atoms with Crippen molar-refractivity contribution < 1.29 is 4.84 Å². The van der Waals surface area contributed by atoms with E-state index in [0.717, 1.165) is 19.3 Å². The summed E-state index contributed by atoms with van der Waals surface area (Å²) in [4.78, 5) is 4.62. The fourth-order valence-corrected chi connectivity index (χ4v) is 1.65. The summed E-state index contributed by atoms with van der Waals surface area (Å²) in [7, 11) is 0. The number of hydrogen-bond acceptors (Lipinski definition) is 2. The number of hydrogen-bond donors (Lipinski definition) is 1. The van der Waals surface area contributed by atoms with Crippen LogP contribution < -0.4 is 5.90 Å². The zero-order chi connectivity index (χ0) is 10.4. The normalized spacial score (nSPS) is 10.5. The number of nitrogens with two attached hydrogens (primary N) is 1. The third-order valence-electron chi connectivity index (χ3n) is 2.55. The predicted octanol–water partition coefficient (Wildman–Crippen LogP) is 2.24. The fraction of sp³-hybridized carbons (Fsp3) is 0.500. The molecule has 0 aliphatic rings. The van der Waals surface area contributed by atoms with Crippen molar-refractivity contribution in [3.8, 4) is 0 Å². The highest BCUT2D eigenvalue weighted by atomic mass is 16.6. The Morgan fingerprint density at radius 2 is 1.93 bits per heavy atom. The van der Waals surface area contributed by atoms with E-state index in [1.807, 2.05) is 0 Å². The topological polar surface area (TPSA) is 35.2 Å². The van der Waals surface area contributed by atoms with Crippen LogP contribution in [0, 0.1) is 0 Å². The minimum Gasteiger partial charge on any atom is -0.304 e. The summed E-state index contributed by atoms with van der Waals surface area (Å²) in [5.74, 6) is 5.04. The fourth-order valence-electron chi connectivity index (χ4n) is 1.65. The van der Waals surface area contributed by atoms with E-state index in [1.54, 1.807) is 0 Å². The van der Waals surface area contributed by atoms with Crippen LogP contribution in [0.2, 0.25) is 0 Å². The van der Waals surface area contributed by atoms with E-state index in [4.69, 9.17) is 5.90 Å². The van der Waals surface area contributed by atoms with E-state index in [-0.39, 0.29) is 0 Å². The zero-order valence-corrected chi connectivity index (χ0v) is 9.05. The summed E-state index contributed by atoms with van der Waals surface area (Å²) in [5.41, 5.74) is 4.16. The van der Waals surface area contributed by atoms with Crippen molar-refractivity contribution in [1.29, 1.82) is 0 Å². The SMILES string of the molecule is CCc1ccc(CC)c(CCON)c1. The Morgan fingerprint density at radius 3 is 2.50 bits per heavy atom. The summed E-state index contributed by atoms with van der Waals surface area (Å²) in [6.07, 6.45) is 3.07. The molecule has 1 aromatic rings. The summed E-state index contributed by atoms with van der Waals surface area (Å²) in [5, 5.41) is 0. The Morgan fingerprint density at radius 1 is 1.14 bits per heavy atom. The van der Waals surface area contributed by atoms with Gasteiger partial charge in [0.1, 0.15) is 0 Å². The van der Waals surface area contributed by atoms with E-state index in [9.17, 15) is 0 Å². The summed E-state index contributed by atoms with van der Waals surface area (Å²) < 4.78 is 0. The second-order valence-corrected chi connectivity index (χ2v) is 3.43. The van der Waals surface area contributed by atoms with Crippen LogP contribution in [-0.4, -0.2) is 6.61 Å². The van der Waals surface area contributed by atoms with Gasteiger partial charge in [-0.15, -0.1) is 0 Å². The van der Waals surface area contributed by atoms with Crippen molar-refractivity contribution in [2.75, 3.05) is 6.61 Å². The summed E-state index contributed by atoms with van der Waals surface area (Å²) in [6.45, 7) is 4.94. The van der Waals surface area contributed by atoms with Gasteiger partial charge in [-0.2, -0.15) is 0 Å². The molecule has 0 aliphatic carbocycles. The highest BCUT2D eigenvalue weighted by Crippen LogP contribution is 2.14. The highest BCUT2D eigenvalue weighted by molar-refractivity contribution is 5.32. The van der Waals surface area contributed by atoms with Gasteiger partial charge in [-0.3, -0.25) is 0 Å². The molecule has 14 heavy (non-hydrogen) atoms. The maximum atomic E-state index is 5.04. The zero-order valence-electron chi connectivity index (χ0n) is 9.05. The van der Waals surface area contributed by atoms with Crippen molar-refractivity contribution in [1.82, 2.24) is 0 Å². The Hall–Kier alpha value is -0.860. The van der Waals surface area contributed by atoms with Crippen LogP contribution in [0.25, 0.3) is 0 Å². The maximum absolute atomic E-state index is 5.04. The van der Waals surface area contributed by atoms with E-state index >= 15 is 0 Å². The maximum Gasteiger partial charge on any atom is 0.0719 e. The van der Waals surface area contributed by atoms with Gasteiger partial charge in [0, 0.05) is 0 Å². The molecule has 1 rings (SSSR count). The molecule has 0 atom stereocenters. The standard InChI is InChI=1S/C12H19NO/c1-3-10-5-6-11(4-2)12(9-10)7-8-14-13/h5-6,9H,3-4,7-8,13H2,1-2H3. The van der Waals surface area contributed by atoms with E-state index in [2.05, 4.69) is 36.9 Å². The van der Waals surface area contributed by atoms with Gasteiger partial charge in [-0.05, 0) is 36.0 Å². The summed E-state index contributed by atoms with van der Waals surface area (Å²) in [6, 6.07) is 6.67. The first-order valence-electron chi connectivity index (χ1n) is 5.24.